The Morgan fingerprint density at radius 3 is 2.41 bits per heavy atom. The highest BCUT2D eigenvalue weighted by atomic mass is 15.1. The molecule has 2 rings (SSSR count). The Morgan fingerprint density at radius 1 is 1.29 bits per heavy atom. The lowest BCUT2D eigenvalue weighted by Crippen LogP contribution is -2.34. The van der Waals surface area contributed by atoms with Crippen molar-refractivity contribution in [2.45, 2.75) is 38.1 Å². The maximum Gasteiger partial charge on any atom is 0.0138 e. The molecule has 17 heavy (non-hydrogen) atoms. The van der Waals surface area contributed by atoms with E-state index in [9.17, 15) is 0 Å². The SMILES string of the molecule is CN1CCC(c2ccc(CC(C)(C)N)cc2)C1. The quantitative estimate of drug-likeness (QED) is 0.867. The molecular formula is C15H24N2. The Morgan fingerprint density at radius 2 is 1.94 bits per heavy atom. The molecule has 0 radical (unpaired) electrons. The van der Waals surface area contributed by atoms with E-state index in [4.69, 9.17) is 5.73 Å². The van der Waals surface area contributed by atoms with Gasteiger partial charge >= 0.3 is 0 Å². The number of likely N-dealkylation sites (N-methyl/N-ethyl adjacent to an activating group) is 1. The number of hydrogen-bond donors (Lipinski definition) is 1. The lowest BCUT2D eigenvalue weighted by Gasteiger charge is -2.19. The Labute approximate surface area is 105 Å². The average Bonchev–Trinajstić information content (AvgIpc) is 2.63. The van der Waals surface area contributed by atoms with Crippen molar-refractivity contribution < 1.29 is 0 Å². The molecule has 1 saturated heterocycles. The maximum atomic E-state index is 6.04. The summed E-state index contributed by atoms with van der Waals surface area (Å²) < 4.78 is 0. The molecule has 2 nitrogen and oxygen atoms in total. The van der Waals surface area contributed by atoms with E-state index in [0.29, 0.717) is 0 Å². The first-order chi connectivity index (χ1) is 7.94. The molecule has 1 aliphatic rings. The number of benzene rings is 1. The van der Waals surface area contributed by atoms with Gasteiger partial charge in [-0.2, -0.15) is 0 Å². The topological polar surface area (TPSA) is 29.3 Å². The molecule has 0 bridgehead atoms. The van der Waals surface area contributed by atoms with Crippen LogP contribution in [0.25, 0.3) is 0 Å². The number of nitrogens with zero attached hydrogens (tertiary/aromatic N) is 1. The summed E-state index contributed by atoms with van der Waals surface area (Å²) in [4.78, 5) is 2.40. The summed E-state index contributed by atoms with van der Waals surface area (Å²) >= 11 is 0. The van der Waals surface area contributed by atoms with Crippen LogP contribution in [-0.2, 0) is 6.42 Å². The molecule has 1 fully saturated rings. The van der Waals surface area contributed by atoms with Gasteiger partial charge in [-0.25, -0.2) is 0 Å². The fourth-order valence-corrected chi connectivity index (χ4v) is 2.64. The third-order valence-corrected chi connectivity index (χ3v) is 3.50. The second kappa shape index (κ2) is 4.79. The van der Waals surface area contributed by atoms with Crippen LogP contribution in [0.5, 0.6) is 0 Å². The van der Waals surface area contributed by atoms with Gasteiger partial charge in [-0.15, -0.1) is 0 Å². The van der Waals surface area contributed by atoms with Crippen molar-refractivity contribution in [1.82, 2.24) is 4.90 Å². The van der Waals surface area contributed by atoms with Crippen LogP contribution in [0.3, 0.4) is 0 Å². The first kappa shape index (κ1) is 12.6. The third kappa shape index (κ3) is 3.55. The minimum absolute atomic E-state index is 0.116. The lowest BCUT2D eigenvalue weighted by molar-refractivity contribution is 0.411. The number of hydrogen-bond acceptors (Lipinski definition) is 2. The second-order valence-electron chi connectivity index (χ2n) is 6.15. The molecule has 1 aliphatic heterocycles. The van der Waals surface area contributed by atoms with E-state index < -0.39 is 0 Å². The van der Waals surface area contributed by atoms with Gasteiger partial charge < -0.3 is 10.6 Å². The standard InChI is InChI=1S/C15H24N2/c1-15(2,16)10-12-4-6-13(7-5-12)14-8-9-17(3)11-14/h4-7,14H,8-11,16H2,1-3H3. The molecule has 0 spiro atoms. The van der Waals surface area contributed by atoms with Crippen molar-refractivity contribution in [3.05, 3.63) is 35.4 Å². The molecule has 0 aliphatic carbocycles. The van der Waals surface area contributed by atoms with Crippen molar-refractivity contribution in [3.8, 4) is 0 Å². The highest BCUT2D eigenvalue weighted by Gasteiger charge is 2.21. The molecule has 1 aromatic carbocycles. The summed E-state index contributed by atoms with van der Waals surface area (Å²) in [6, 6.07) is 9.04. The van der Waals surface area contributed by atoms with Gasteiger partial charge in [0.05, 0.1) is 0 Å². The van der Waals surface area contributed by atoms with Crippen LogP contribution in [-0.4, -0.2) is 30.6 Å². The third-order valence-electron chi connectivity index (χ3n) is 3.50. The molecule has 2 N–H and O–H groups in total. The molecule has 1 atom stereocenters. The van der Waals surface area contributed by atoms with Gasteiger partial charge in [0.25, 0.3) is 0 Å². The average molecular weight is 232 g/mol. The molecule has 1 unspecified atom stereocenters. The van der Waals surface area contributed by atoms with E-state index in [1.807, 2.05) is 0 Å². The zero-order chi connectivity index (χ0) is 12.5. The lowest BCUT2D eigenvalue weighted by atomic mass is 9.93. The van der Waals surface area contributed by atoms with Crippen molar-refractivity contribution in [2.24, 2.45) is 5.73 Å². The summed E-state index contributed by atoms with van der Waals surface area (Å²) in [6.45, 7) is 6.57. The molecule has 94 valence electrons. The zero-order valence-electron chi connectivity index (χ0n) is 11.2. The molecule has 2 heteroatoms. The summed E-state index contributed by atoms with van der Waals surface area (Å²) in [6.07, 6.45) is 2.23. The summed E-state index contributed by atoms with van der Waals surface area (Å²) in [5, 5.41) is 0. The number of rotatable bonds is 3. The summed E-state index contributed by atoms with van der Waals surface area (Å²) in [5.74, 6) is 0.722. The van der Waals surface area contributed by atoms with Crippen molar-refractivity contribution in [2.75, 3.05) is 20.1 Å². The Kier molecular flexibility index (Phi) is 3.55. The van der Waals surface area contributed by atoms with Gasteiger partial charge in [-0.1, -0.05) is 24.3 Å². The maximum absolute atomic E-state index is 6.04. The van der Waals surface area contributed by atoms with E-state index in [1.165, 1.54) is 30.6 Å². The van der Waals surface area contributed by atoms with E-state index in [1.54, 1.807) is 0 Å². The molecular weight excluding hydrogens is 208 g/mol. The Hall–Kier alpha value is -0.860. The van der Waals surface area contributed by atoms with Gasteiger partial charge in [-0.05, 0) is 57.3 Å². The normalized spacial score (nSPS) is 22.0. The Balaban J connectivity index is 2.03. The minimum Gasteiger partial charge on any atom is -0.325 e. The van der Waals surface area contributed by atoms with Crippen molar-refractivity contribution in [3.63, 3.8) is 0 Å². The number of nitrogens with two attached hydrogens (primary N) is 1. The first-order valence-electron chi connectivity index (χ1n) is 6.50. The predicted octanol–water partition coefficient (Wildman–Crippen LogP) is 2.39. The van der Waals surface area contributed by atoms with Crippen molar-refractivity contribution in [1.29, 1.82) is 0 Å². The summed E-state index contributed by atoms with van der Waals surface area (Å²) in [7, 11) is 2.20. The molecule has 1 aromatic rings. The van der Waals surface area contributed by atoms with Gasteiger partial charge in [-0.3, -0.25) is 0 Å². The minimum atomic E-state index is -0.116. The molecule has 0 aromatic heterocycles. The van der Waals surface area contributed by atoms with Gasteiger partial charge in [0.15, 0.2) is 0 Å². The van der Waals surface area contributed by atoms with Crippen LogP contribution >= 0.6 is 0 Å². The van der Waals surface area contributed by atoms with Crippen molar-refractivity contribution >= 4 is 0 Å². The van der Waals surface area contributed by atoms with Crippen LogP contribution in [0.2, 0.25) is 0 Å². The van der Waals surface area contributed by atoms with Gasteiger partial charge in [0.2, 0.25) is 0 Å². The second-order valence-corrected chi connectivity index (χ2v) is 6.15. The number of likely N-dealkylation sites (tertiary alicyclic amines) is 1. The molecule has 1 heterocycles. The van der Waals surface area contributed by atoms with Crippen LogP contribution in [0.1, 0.15) is 37.3 Å². The van der Waals surface area contributed by atoms with E-state index in [2.05, 4.69) is 50.1 Å². The van der Waals surface area contributed by atoms with E-state index in [-0.39, 0.29) is 5.54 Å². The summed E-state index contributed by atoms with van der Waals surface area (Å²) in [5.41, 5.74) is 8.74. The largest absolute Gasteiger partial charge is 0.325 e. The van der Waals surface area contributed by atoms with Crippen LogP contribution in [0.15, 0.2) is 24.3 Å². The monoisotopic (exact) mass is 232 g/mol. The van der Waals surface area contributed by atoms with E-state index >= 15 is 0 Å². The van der Waals surface area contributed by atoms with Gasteiger partial charge in [0, 0.05) is 12.1 Å². The van der Waals surface area contributed by atoms with Gasteiger partial charge in [0.1, 0.15) is 0 Å². The Bertz CT molecular complexity index is 362. The molecule has 0 amide bonds. The van der Waals surface area contributed by atoms with E-state index in [0.717, 1.165) is 12.3 Å². The fourth-order valence-electron chi connectivity index (χ4n) is 2.64. The predicted molar refractivity (Wildman–Crippen MR) is 73.3 cm³/mol. The fraction of sp³-hybridized carbons (Fsp3) is 0.600. The highest BCUT2D eigenvalue weighted by Crippen LogP contribution is 2.26. The van der Waals surface area contributed by atoms with Crippen LogP contribution < -0.4 is 5.73 Å². The van der Waals surface area contributed by atoms with Crippen LogP contribution in [0.4, 0.5) is 0 Å². The molecule has 0 saturated carbocycles. The first-order valence-corrected chi connectivity index (χ1v) is 6.50. The zero-order valence-corrected chi connectivity index (χ0v) is 11.2. The highest BCUT2D eigenvalue weighted by molar-refractivity contribution is 5.27. The van der Waals surface area contributed by atoms with Crippen LogP contribution in [0, 0.1) is 0 Å². The smallest absolute Gasteiger partial charge is 0.0138 e.